The molecule has 6 heteroatoms. The van der Waals surface area contributed by atoms with E-state index in [2.05, 4.69) is 0 Å². The van der Waals surface area contributed by atoms with Crippen LogP contribution in [0.5, 0.6) is 0 Å². The van der Waals surface area contributed by atoms with Gasteiger partial charge in [0.2, 0.25) is 15.9 Å². The minimum atomic E-state index is -3.44. The molecule has 0 aromatic heterocycles. The number of sulfonamides is 1. The Labute approximate surface area is 163 Å². The van der Waals surface area contributed by atoms with Gasteiger partial charge in [-0.3, -0.25) is 4.79 Å². The van der Waals surface area contributed by atoms with E-state index >= 15 is 0 Å². The number of hydrogen-bond donors (Lipinski definition) is 0. The number of benzene rings is 1. The molecular formula is C21H30N2O3S. The number of amides is 1. The molecule has 1 amide bonds. The van der Waals surface area contributed by atoms with Gasteiger partial charge in [0.15, 0.2) is 0 Å². The van der Waals surface area contributed by atoms with Crippen molar-refractivity contribution in [2.24, 2.45) is 5.92 Å². The Morgan fingerprint density at radius 3 is 2.11 bits per heavy atom. The number of carbonyl (C=O) groups excluding carboxylic acids is 1. The van der Waals surface area contributed by atoms with E-state index < -0.39 is 10.0 Å². The van der Waals surface area contributed by atoms with Gasteiger partial charge >= 0.3 is 0 Å². The van der Waals surface area contributed by atoms with Crippen molar-refractivity contribution in [1.29, 1.82) is 0 Å². The molecule has 2 aliphatic rings. The molecule has 0 atom stereocenters. The van der Waals surface area contributed by atoms with E-state index in [9.17, 15) is 13.2 Å². The first-order chi connectivity index (χ1) is 13.1. The van der Waals surface area contributed by atoms with Crippen molar-refractivity contribution in [1.82, 2.24) is 9.21 Å². The van der Waals surface area contributed by atoms with E-state index in [1.165, 1.54) is 29.0 Å². The Kier molecular flexibility index (Phi) is 7.07. The summed E-state index contributed by atoms with van der Waals surface area (Å²) in [6, 6.07) is 9.42. The molecule has 0 saturated carbocycles. The maximum atomic E-state index is 12.8. The molecule has 2 heterocycles. The van der Waals surface area contributed by atoms with Crippen LogP contribution < -0.4 is 0 Å². The molecule has 2 fully saturated rings. The second kappa shape index (κ2) is 9.51. The highest BCUT2D eigenvalue weighted by atomic mass is 32.2. The van der Waals surface area contributed by atoms with Gasteiger partial charge in [-0.1, -0.05) is 49.6 Å². The van der Waals surface area contributed by atoms with Gasteiger partial charge in [0.1, 0.15) is 0 Å². The topological polar surface area (TPSA) is 57.7 Å². The number of hydrogen-bond acceptors (Lipinski definition) is 3. The molecule has 2 aliphatic heterocycles. The zero-order valence-corrected chi connectivity index (χ0v) is 16.7. The van der Waals surface area contributed by atoms with Crippen LogP contribution in [0.2, 0.25) is 0 Å². The summed E-state index contributed by atoms with van der Waals surface area (Å²) < 4.78 is 26.6. The van der Waals surface area contributed by atoms with E-state index in [0.29, 0.717) is 25.9 Å². The van der Waals surface area contributed by atoms with E-state index in [1.54, 1.807) is 6.08 Å². The van der Waals surface area contributed by atoms with Crippen LogP contribution in [-0.2, 0) is 14.8 Å². The molecule has 148 valence electrons. The standard InChI is InChI=1S/C21H30N2O3S/c24-21(22-14-7-2-1-3-8-15-22)20-11-16-23(17-12-20)27(25,26)18-13-19-9-5-4-6-10-19/h4-6,9-10,13,18,20H,1-3,7-8,11-12,14-17H2/b18-13+. The summed E-state index contributed by atoms with van der Waals surface area (Å²) in [5.74, 6) is 0.197. The molecule has 0 bridgehead atoms. The minimum Gasteiger partial charge on any atom is -0.342 e. The number of piperidine rings is 1. The lowest BCUT2D eigenvalue weighted by Gasteiger charge is -2.34. The smallest absolute Gasteiger partial charge is 0.236 e. The van der Waals surface area contributed by atoms with Crippen molar-refractivity contribution < 1.29 is 13.2 Å². The number of nitrogens with zero attached hydrogens (tertiary/aromatic N) is 2. The molecule has 2 saturated heterocycles. The van der Waals surface area contributed by atoms with Crippen LogP contribution in [0.4, 0.5) is 0 Å². The lowest BCUT2D eigenvalue weighted by atomic mass is 9.95. The van der Waals surface area contributed by atoms with Gasteiger partial charge in [0, 0.05) is 37.5 Å². The molecular weight excluding hydrogens is 360 g/mol. The number of likely N-dealkylation sites (tertiary alicyclic amines) is 1. The molecule has 1 aromatic carbocycles. The third kappa shape index (κ3) is 5.66. The van der Waals surface area contributed by atoms with Crippen molar-refractivity contribution in [3.05, 3.63) is 41.3 Å². The van der Waals surface area contributed by atoms with Gasteiger partial charge in [-0.15, -0.1) is 0 Å². The lowest BCUT2D eigenvalue weighted by Crippen LogP contribution is -2.44. The largest absolute Gasteiger partial charge is 0.342 e. The Bertz CT molecular complexity index is 730. The van der Waals surface area contributed by atoms with Crippen LogP contribution in [0.1, 0.15) is 50.5 Å². The summed E-state index contributed by atoms with van der Waals surface area (Å²) >= 11 is 0. The molecule has 5 nitrogen and oxygen atoms in total. The first-order valence-electron chi connectivity index (χ1n) is 10.1. The summed E-state index contributed by atoms with van der Waals surface area (Å²) in [6.45, 7) is 2.56. The summed E-state index contributed by atoms with van der Waals surface area (Å²) in [6.07, 6.45) is 8.72. The van der Waals surface area contributed by atoms with Crippen LogP contribution in [0.25, 0.3) is 6.08 Å². The number of rotatable bonds is 4. The molecule has 0 unspecified atom stereocenters. The fourth-order valence-electron chi connectivity index (χ4n) is 3.90. The summed E-state index contributed by atoms with van der Waals surface area (Å²) in [7, 11) is -3.44. The highest BCUT2D eigenvalue weighted by molar-refractivity contribution is 7.92. The molecule has 0 spiro atoms. The molecule has 27 heavy (non-hydrogen) atoms. The van der Waals surface area contributed by atoms with Crippen LogP contribution in [0.3, 0.4) is 0 Å². The Morgan fingerprint density at radius 1 is 0.889 bits per heavy atom. The summed E-state index contributed by atoms with van der Waals surface area (Å²) in [4.78, 5) is 14.8. The van der Waals surface area contributed by atoms with Gasteiger partial charge in [-0.05, 0) is 37.3 Å². The molecule has 0 radical (unpaired) electrons. The van der Waals surface area contributed by atoms with Crippen molar-refractivity contribution in [2.75, 3.05) is 26.2 Å². The third-order valence-corrected chi connectivity index (χ3v) is 7.13. The zero-order valence-electron chi connectivity index (χ0n) is 15.9. The van der Waals surface area contributed by atoms with Crippen molar-refractivity contribution in [3.63, 3.8) is 0 Å². The van der Waals surface area contributed by atoms with Crippen molar-refractivity contribution in [2.45, 2.75) is 44.9 Å². The van der Waals surface area contributed by atoms with Crippen LogP contribution in [0, 0.1) is 5.92 Å². The summed E-state index contributed by atoms with van der Waals surface area (Å²) in [5.41, 5.74) is 0.864. The third-order valence-electron chi connectivity index (χ3n) is 5.56. The fourth-order valence-corrected chi connectivity index (χ4v) is 5.12. The zero-order chi connectivity index (χ0) is 19.1. The van der Waals surface area contributed by atoms with E-state index in [1.807, 2.05) is 35.2 Å². The fraction of sp³-hybridized carbons (Fsp3) is 0.571. The second-order valence-corrected chi connectivity index (χ2v) is 9.34. The van der Waals surface area contributed by atoms with Gasteiger partial charge in [0.05, 0.1) is 0 Å². The van der Waals surface area contributed by atoms with E-state index in [-0.39, 0.29) is 11.8 Å². The van der Waals surface area contributed by atoms with Crippen LogP contribution >= 0.6 is 0 Å². The summed E-state index contributed by atoms with van der Waals surface area (Å²) in [5, 5.41) is 1.28. The molecule has 3 rings (SSSR count). The average molecular weight is 391 g/mol. The molecule has 0 N–H and O–H groups in total. The normalized spacial score (nSPS) is 21.1. The van der Waals surface area contributed by atoms with Gasteiger partial charge in [0.25, 0.3) is 0 Å². The quantitative estimate of drug-likeness (QED) is 0.791. The van der Waals surface area contributed by atoms with E-state index in [4.69, 9.17) is 0 Å². The van der Waals surface area contributed by atoms with Gasteiger partial charge in [-0.25, -0.2) is 8.42 Å². The van der Waals surface area contributed by atoms with E-state index in [0.717, 1.165) is 31.5 Å². The van der Waals surface area contributed by atoms with Crippen molar-refractivity contribution in [3.8, 4) is 0 Å². The second-order valence-electron chi connectivity index (χ2n) is 7.52. The minimum absolute atomic E-state index is 0.0334. The Balaban J connectivity index is 1.54. The SMILES string of the molecule is O=C(C1CCN(S(=O)(=O)/C=C/c2ccccc2)CC1)N1CCCCCCC1. The predicted molar refractivity (Wildman–Crippen MR) is 108 cm³/mol. The first kappa shape index (κ1) is 20.1. The predicted octanol–water partition coefficient (Wildman–Crippen LogP) is 3.49. The van der Waals surface area contributed by atoms with Crippen LogP contribution in [-0.4, -0.2) is 49.7 Å². The average Bonchev–Trinajstić information content (AvgIpc) is 2.67. The van der Waals surface area contributed by atoms with Crippen LogP contribution in [0.15, 0.2) is 35.7 Å². The Morgan fingerprint density at radius 2 is 1.48 bits per heavy atom. The monoisotopic (exact) mass is 390 g/mol. The number of carbonyl (C=O) groups is 1. The molecule has 1 aromatic rings. The lowest BCUT2D eigenvalue weighted by molar-refractivity contribution is -0.137. The Hall–Kier alpha value is -1.66. The highest BCUT2D eigenvalue weighted by Crippen LogP contribution is 2.24. The highest BCUT2D eigenvalue weighted by Gasteiger charge is 2.32. The van der Waals surface area contributed by atoms with Gasteiger partial charge in [-0.2, -0.15) is 4.31 Å². The maximum absolute atomic E-state index is 12.8. The van der Waals surface area contributed by atoms with Gasteiger partial charge < -0.3 is 4.90 Å². The maximum Gasteiger partial charge on any atom is 0.236 e. The molecule has 0 aliphatic carbocycles. The first-order valence-corrected chi connectivity index (χ1v) is 11.6. The van der Waals surface area contributed by atoms with Crippen molar-refractivity contribution >= 4 is 22.0 Å².